The van der Waals surface area contributed by atoms with Gasteiger partial charge in [0.2, 0.25) is 5.82 Å². The molecule has 2 aromatic carbocycles. The first-order chi connectivity index (χ1) is 15.4. The maximum absolute atomic E-state index is 13.0. The van der Waals surface area contributed by atoms with Gasteiger partial charge in [0.1, 0.15) is 6.20 Å². The zero-order valence-electron chi connectivity index (χ0n) is 18.3. The number of aryl methyl sites for hydroxylation is 2. The van der Waals surface area contributed by atoms with Crippen LogP contribution in [-0.2, 0) is 26.7 Å². The zero-order valence-corrected chi connectivity index (χ0v) is 19.9. The minimum absolute atomic E-state index is 0.0414. The summed E-state index contributed by atoms with van der Waals surface area (Å²) in [7, 11) is -6.37. The van der Waals surface area contributed by atoms with Crippen molar-refractivity contribution >= 4 is 31.6 Å². The quantitative estimate of drug-likeness (QED) is 0.351. The van der Waals surface area contributed by atoms with Crippen molar-refractivity contribution in [3.63, 3.8) is 0 Å². The Kier molecular flexibility index (Phi) is 6.84. The monoisotopic (exact) mass is 489 g/mol. The summed E-state index contributed by atoms with van der Waals surface area (Å²) < 4.78 is 53.3. The Morgan fingerprint density at radius 3 is 1.70 bits per heavy atom. The van der Waals surface area contributed by atoms with Crippen LogP contribution < -0.4 is 0 Å². The molecule has 0 aliphatic heterocycles. The van der Waals surface area contributed by atoms with E-state index in [1.54, 1.807) is 24.3 Å². The predicted molar refractivity (Wildman–Crippen MR) is 124 cm³/mol. The molecule has 0 fully saturated rings. The fourth-order valence-electron chi connectivity index (χ4n) is 3.17. The summed E-state index contributed by atoms with van der Waals surface area (Å²) >= 11 is 0. The Hall–Kier alpha value is -3.31. The molecule has 0 saturated heterocycles. The molecule has 1 aromatic heterocycles. The van der Waals surface area contributed by atoms with Crippen molar-refractivity contribution in [1.82, 2.24) is 9.55 Å². The Morgan fingerprint density at radius 2 is 1.33 bits per heavy atom. The molecule has 9 nitrogen and oxygen atoms in total. The average molecular weight is 490 g/mol. The van der Waals surface area contributed by atoms with Gasteiger partial charge in [-0.05, 0) is 48.6 Å². The molecule has 33 heavy (non-hydrogen) atoms. The molecule has 0 radical (unpaired) electrons. The molecule has 0 aliphatic carbocycles. The first kappa shape index (κ1) is 24.3. The van der Waals surface area contributed by atoms with Crippen LogP contribution in [0.1, 0.15) is 17.0 Å². The van der Waals surface area contributed by atoms with Gasteiger partial charge in [0, 0.05) is 6.08 Å². The number of hydrogen-bond acceptors (Lipinski definition) is 7. The van der Waals surface area contributed by atoms with E-state index in [2.05, 4.69) is 4.98 Å². The van der Waals surface area contributed by atoms with Crippen LogP contribution in [0.2, 0.25) is 0 Å². The van der Waals surface area contributed by atoms with Crippen molar-refractivity contribution in [2.24, 2.45) is 7.05 Å². The molecule has 3 aromatic rings. The Labute approximate surface area is 192 Å². The highest BCUT2D eigenvalue weighted by molar-refractivity contribution is 7.92. The third-order valence-electron chi connectivity index (χ3n) is 5.03. The Bertz CT molecular complexity index is 1340. The van der Waals surface area contributed by atoms with E-state index >= 15 is 0 Å². The van der Waals surface area contributed by atoms with Gasteiger partial charge in [0.15, 0.2) is 19.7 Å². The van der Waals surface area contributed by atoms with E-state index in [0.29, 0.717) is 0 Å². The van der Waals surface area contributed by atoms with Crippen molar-refractivity contribution in [3.8, 4) is 0 Å². The van der Waals surface area contributed by atoms with E-state index in [-0.39, 0.29) is 27.0 Å². The summed E-state index contributed by atoms with van der Waals surface area (Å²) in [5.74, 6) is -1.39. The van der Waals surface area contributed by atoms with Gasteiger partial charge < -0.3 is 10.1 Å². The minimum Gasteiger partial charge on any atom is -0.358 e. The highest BCUT2D eigenvalue weighted by atomic mass is 32.2. The number of nitrogens with zero attached hydrogens (tertiary/aromatic N) is 3. The highest BCUT2D eigenvalue weighted by Gasteiger charge is 2.24. The molecule has 0 N–H and O–H groups in total. The number of sulfone groups is 2. The van der Waals surface area contributed by atoms with Crippen molar-refractivity contribution in [3.05, 3.63) is 87.4 Å². The van der Waals surface area contributed by atoms with Crippen molar-refractivity contribution in [2.75, 3.05) is 11.5 Å². The van der Waals surface area contributed by atoms with Crippen LogP contribution in [0.25, 0.3) is 6.08 Å². The number of benzene rings is 2. The summed E-state index contributed by atoms with van der Waals surface area (Å²) in [6, 6.07) is 12.5. The van der Waals surface area contributed by atoms with Crippen LogP contribution >= 0.6 is 0 Å². The van der Waals surface area contributed by atoms with Crippen molar-refractivity contribution in [1.29, 1.82) is 0 Å². The standard InChI is InChI=1S/C22H23N3O6S2/c1-16-4-8-19(9-5-16)32(28,29)14-18(12-21-23-13-22(24(21)3)25(26)27)15-33(30,31)20-10-6-17(2)7-11-20/h4-13H,14-15H2,1-3H3. The molecule has 0 unspecified atom stereocenters. The first-order valence-electron chi connectivity index (χ1n) is 9.83. The molecule has 1 heterocycles. The second-order valence-electron chi connectivity index (χ2n) is 7.74. The van der Waals surface area contributed by atoms with Crippen molar-refractivity contribution < 1.29 is 21.8 Å². The first-order valence-corrected chi connectivity index (χ1v) is 13.1. The van der Waals surface area contributed by atoms with Crippen LogP contribution in [0, 0.1) is 24.0 Å². The lowest BCUT2D eigenvalue weighted by atomic mass is 10.2. The van der Waals surface area contributed by atoms with E-state index in [1.807, 2.05) is 13.8 Å². The lowest BCUT2D eigenvalue weighted by Crippen LogP contribution is -2.17. The van der Waals surface area contributed by atoms with Gasteiger partial charge in [-0.15, -0.1) is 0 Å². The van der Waals surface area contributed by atoms with Gasteiger partial charge in [-0.1, -0.05) is 35.4 Å². The molecule has 0 spiro atoms. The van der Waals surface area contributed by atoms with Crippen LogP contribution in [0.4, 0.5) is 5.82 Å². The smallest absolute Gasteiger partial charge is 0.342 e. The van der Waals surface area contributed by atoms with E-state index in [1.165, 1.54) is 37.4 Å². The second-order valence-corrected chi connectivity index (χ2v) is 11.7. The summed E-state index contributed by atoms with van der Waals surface area (Å²) in [5.41, 5.74) is 1.80. The normalized spacial score (nSPS) is 11.8. The van der Waals surface area contributed by atoms with Crippen molar-refractivity contribution in [2.45, 2.75) is 23.6 Å². The average Bonchev–Trinajstić information content (AvgIpc) is 3.08. The number of rotatable bonds is 8. The summed E-state index contributed by atoms with van der Waals surface area (Å²) in [5, 5.41) is 11.1. The van der Waals surface area contributed by atoms with Gasteiger partial charge in [0.05, 0.1) is 28.3 Å². The molecular formula is C22H23N3O6S2. The van der Waals surface area contributed by atoms with E-state index in [4.69, 9.17) is 0 Å². The van der Waals surface area contributed by atoms with Gasteiger partial charge in [-0.3, -0.25) is 0 Å². The molecule has 0 bridgehead atoms. The van der Waals surface area contributed by atoms with Gasteiger partial charge in [-0.2, -0.15) is 0 Å². The molecule has 0 saturated carbocycles. The molecule has 0 aliphatic rings. The number of hydrogen-bond donors (Lipinski definition) is 0. The molecular weight excluding hydrogens is 466 g/mol. The largest absolute Gasteiger partial charge is 0.358 e. The SMILES string of the molecule is Cc1ccc(S(=O)(=O)CC(=Cc2ncc([N+](=O)[O-])n2C)CS(=O)(=O)c2ccc(C)cc2)cc1. The Balaban J connectivity index is 2.05. The summed E-state index contributed by atoms with van der Waals surface area (Å²) in [6.07, 6.45) is 2.32. The molecule has 0 amide bonds. The van der Waals surface area contributed by atoms with Crippen LogP contribution in [0.3, 0.4) is 0 Å². The predicted octanol–water partition coefficient (Wildman–Crippen LogP) is 3.28. The molecule has 11 heteroatoms. The van der Waals surface area contributed by atoms with Crippen LogP contribution in [0.5, 0.6) is 0 Å². The number of imidazole rings is 1. The van der Waals surface area contributed by atoms with Crippen LogP contribution in [-0.4, -0.2) is 42.8 Å². The summed E-state index contributed by atoms with van der Waals surface area (Å²) in [4.78, 5) is 14.6. The second kappa shape index (κ2) is 9.28. The van der Waals surface area contributed by atoms with E-state index < -0.39 is 36.1 Å². The Morgan fingerprint density at radius 1 is 0.909 bits per heavy atom. The van der Waals surface area contributed by atoms with Gasteiger partial charge >= 0.3 is 5.82 Å². The van der Waals surface area contributed by atoms with E-state index in [9.17, 15) is 26.9 Å². The molecule has 3 rings (SSSR count). The van der Waals surface area contributed by atoms with E-state index in [0.717, 1.165) is 21.9 Å². The number of aromatic nitrogens is 2. The highest BCUT2D eigenvalue weighted by Crippen LogP contribution is 2.22. The lowest BCUT2D eigenvalue weighted by Gasteiger charge is -2.11. The lowest BCUT2D eigenvalue weighted by molar-refractivity contribution is -0.391. The van der Waals surface area contributed by atoms with Crippen LogP contribution in [0.15, 0.2) is 70.1 Å². The number of nitro groups is 1. The molecule has 0 atom stereocenters. The van der Waals surface area contributed by atoms with Gasteiger partial charge in [-0.25, -0.2) is 26.4 Å². The van der Waals surface area contributed by atoms with Gasteiger partial charge in [0.25, 0.3) is 0 Å². The topological polar surface area (TPSA) is 129 Å². The maximum atomic E-state index is 13.0. The third kappa shape index (κ3) is 5.74. The fourth-order valence-corrected chi connectivity index (χ4v) is 6.08. The zero-order chi connectivity index (χ0) is 24.4. The summed E-state index contributed by atoms with van der Waals surface area (Å²) in [6.45, 7) is 3.65. The fraction of sp³-hybridized carbons (Fsp3) is 0.227. The maximum Gasteiger partial charge on any atom is 0.342 e. The minimum atomic E-state index is -3.88. The third-order valence-corrected chi connectivity index (χ3v) is 8.51. The molecule has 174 valence electrons.